The smallest absolute Gasteiger partial charge is 0.326 e. The Morgan fingerprint density at radius 2 is 1.25 bits per heavy atom. The number of unbranched alkanes of at least 4 members (excludes halogenated alkanes) is 7. The van der Waals surface area contributed by atoms with Gasteiger partial charge >= 0.3 is 5.97 Å². The van der Waals surface area contributed by atoms with Gasteiger partial charge in [-0.15, -0.1) is 0 Å². The predicted molar refractivity (Wildman–Crippen MR) is 104 cm³/mol. The number of amides is 1. The van der Waals surface area contributed by atoms with E-state index in [2.05, 4.69) is 12.2 Å². The molecule has 0 heterocycles. The zero-order chi connectivity index (χ0) is 19.2. The zero-order valence-corrected chi connectivity index (χ0v) is 17.1. The van der Waals surface area contributed by atoms with Crippen LogP contribution in [0.4, 0.5) is 0 Å². The highest BCUT2D eigenvalue weighted by atomic mass is 16.4. The van der Waals surface area contributed by atoms with E-state index in [1.807, 2.05) is 34.6 Å². The molecular formula is C20H43NO3. The van der Waals surface area contributed by atoms with Crippen LogP contribution in [0.25, 0.3) is 0 Å². The molecule has 4 nitrogen and oxygen atoms in total. The molecule has 2 N–H and O–H groups in total. The average Bonchev–Trinajstić information content (AvgIpc) is 2.61. The Balaban J connectivity index is -0.00000102. The molecule has 1 atom stereocenters. The van der Waals surface area contributed by atoms with Crippen LogP contribution in [-0.2, 0) is 9.59 Å². The highest BCUT2D eigenvalue weighted by Crippen LogP contribution is 2.09. The molecule has 1 unspecified atom stereocenters. The van der Waals surface area contributed by atoms with Crippen LogP contribution >= 0.6 is 0 Å². The SMILES string of the molecule is CC.CC.CCCCCCCCCC(=O)NC(CCCC)C(=O)O. The fraction of sp³-hybridized carbons (Fsp3) is 0.900. The number of rotatable bonds is 13. The van der Waals surface area contributed by atoms with Gasteiger partial charge in [-0.3, -0.25) is 4.79 Å². The molecule has 0 aromatic rings. The van der Waals surface area contributed by atoms with Crippen molar-refractivity contribution in [3.05, 3.63) is 0 Å². The molecule has 4 heteroatoms. The number of carbonyl (C=O) groups is 2. The minimum Gasteiger partial charge on any atom is -0.480 e. The third-order valence-corrected chi connectivity index (χ3v) is 3.49. The second-order valence-corrected chi connectivity index (χ2v) is 5.47. The molecule has 0 spiro atoms. The van der Waals surface area contributed by atoms with Gasteiger partial charge in [-0.2, -0.15) is 0 Å². The average molecular weight is 346 g/mol. The van der Waals surface area contributed by atoms with Crippen LogP contribution in [0.5, 0.6) is 0 Å². The van der Waals surface area contributed by atoms with Crippen LogP contribution < -0.4 is 5.32 Å². The molecule has 1 amide bonds. The van der Waals surface area contributed by atoms with Gasteiger partial charge in [0.25, 0.3) is 0 Å². The number of aliphatic carboxylic acids is 1. The van der Waals surface area contributed by atoms with Gasteiger partial charge in [0.05, 0.1) is 0 Å². The molecule has 0 bridgehead atoms. The van der Waals surface area contributed by atoms with E-state index in [0.29, 0.717) is 12.8 Å². The van der Waals surface area contributed by atoms with Crippen molar-refractivity contribution in [3.8, 4) is 0 Å². The summed E-state index contributed by atoms with van der Waals surface area (Å²) in [6.45, 7) is 12.2. The summed E-state index contributed by atoms with van der Waals surface area (Å²) in [4.78, 5) is 22.7. The van der Waals surface area contributed by atoms with E-state index < -0.39 is 12.0 Å². The van der Waals surface area contributed by atoms with Crippen molar-refractivity contribution < 1.29 is 14.7 Å². The molecule has 24 heavy (non-hydrogen) atoms. The summed E-state index contributed by atoms with van der Waals surface area (Å²) < 4.78 is 0. The summed E-state index contributed by atoms with van der Waals surface area (Å²) in [5.41, 5.74) is 0. The number of carboxylic acid groups (broad SMARTS) is 1. The minimum atomic E-state index is -0.925. The van der Waals surface area contributed by atoms with E-state index in [0.717, 1.165) is 25.7 Å². The molecule has 0 aromatic carbocycles. The van der Waals surface area contributed by atoms with Crippen molar-refractivity contribution in [3.63, 3.8) is 0 Å². The summed E-state index contributed by atoms with van der Waals surface area (Å²) in [6.07, 6.45) is 10.9. The van der Waals surface area contributed by atoms with Gasteiger partial charge in [-0.05, 0) is 12.8 Å². The number of nitrogens with one attached hydrogen (secondary N) is 1. The van der Waals surface area contributed by atoms with E-state index >= 15 is 0 Å². The van der Waals surface area contributed by atoms with Crippen LogP contribution in [-0.4, -0.2) is 23.0 Å². The molecule has 0 saturated heterocycles. The fourth-order valence-corrected chi connectivity index (χ4v) is 2.17. The van der Waals surface area contributed by atoms with Crippen molar-refractivity contribution in [2.75, 3.05) is 0 Å². The van der Waals surface area contributed by atoms with Gasteiger partial charge in [-0.1, -0.05) is 92.9 Å². The molecule has 0 radical (unpaired) electrons. The molecule has 0 aromatic heterocycles. The van der Waals surface area contributed by atoms with Gasteiger partial charge < -0.3 is 10.4 Å². The molecule has 0 fully saturated rings. The number of carbonyl (C=O) groups excluding carboxylic acids is 1. The van der Waals surface area contributed by atoms with Gasteiger partial charge in [-0.25, -0.2) is 4.79 Å². The monoisotopic (exact) mass is 345 g/mol. The quantitative estimate of drug-likeness (QED) is 0.406. The second-order valence-electron chi connectivity index (χ2n) is 5.47. The lowest BCUT2D eigenvalue weighted by molar-refractivity contribution is -0.142. The van der Waals surface area contributed by atoms with Crippen molar-refractivity contribution in [1.29, 1.82) is 0 Å². The standard InChI is InChI=1S/C16H31NO3.2C2H6/c1-3-5-7-8-9-10-11-13-15(18)17-14(16(19)20)12-6-4-2;2*1-2/h14H,3-13H2,1-2H3,(H,17,18)(H,19,20);2*1-2H3. The van der Waals surface area contributed by atoms with Crippen molar-refractivity contribution in [1.82, 2.24) is 5.32 Å². The second kappa shape index (κ2) is 24.2. The van der Waals surface area contributed by atoms with Crippen LogP contribution in [0.1, 0.15) is 112 Å². The van der Waals surface area contributed by atoms with E-state index in [1.165, 1.54) is 32.1 Å². The summed E-state index contributed by atoms with van der Waals surface area (Å²) >= 11 is 0. The third kappa shape index (κ3) is 20.9. The lowest BCUT2D eigenvalue weighted by atomic mass is 10.1. The summed E-state index contributed by atoms with van der Waals surface area (Å²) in [6, 6.07) is -0.716. The van der Waals surface area contributed by atoms with E-state index in [1.54, 1.807) is 0 Å². The summed E-state index contributed by atoms with van der Waals surface area (Å²) in [5.74, 6) is -1.05. The highest BCUT2D eigenvalue weighted by molar-refractivity contribution is 5.83. The van der Waals surface area contributed by atoms with Crippen LogP contribution in [0, 0.1) is 0 Å². The first-order valence-electron chi connectivity index (χ1n) is 10.1. The van der Waals surface area contributed by atoms with E-state index in [9.17, 15) is 9.59 Å². The van der Waals surface area contributed by atoms with Gasteiger partial charge in [0.15, 0.2) is 0 Å². The number of hydrogen-bond donors (Lipinski definition) is 2. The minimum absolute atomic E-state index is 0.123. The predicted octanol–water partition coefficient (Wildman–Crippen LogP) is 5.94. The Morgan fingerprint density at radius 3 is 1.71 bits per heavy atom. The first kappa shape index (κ1) is 27.8. The molecule has 0 saturated carbocycles. The first-order valence-corrected chi connectivity index (χ1v) is 10.1. The molecule has 0 aliphatic rings. The highest BCUT2D eigenvalue weighted by Gasteiger charge is 2.18. The third-order valence-electron chi connectivity index (χ3n) is 3.49. The summed E-state index contributed by atoms with van der Waals surface area (Å²) in [5, 5.41) is 11.7. The van der Waals surface area contributed by atoms with Crippen LogP contribution in [0.15, 0.2) is 0 Å². The molecule has 0 aliphatic heterocycles. The maximum Gasteiger partial charge on any atom is 0.326 e. The first-order chi connectivity index (χ1) is 11.6. The van der Waals surface area contributed by atoms with Crippen LogP contribution in [0.3, 0.4) is 0 Å². The largest absolute Gasteiger partial charge is 0.480 e. The van der Waals surface area contributed by atoms with E-state index in [-0.39, 0.29) is 5.91 Å². The Kier molecular flexibility index (Phi) is 28.0. The molecule has 0 rings (SSSR count). The van der Waals surface area contributed by atoms with Gasteiger partial charge in [0.1, 0.15) is 6.04 Å². The lowest BCUT2D eigenvalue weighted by Gasteiger charge is -2.13. The molecule has 0 aliphatic carbocycles. The van der Waals surface area contributed by atoms with Gasteiger partial charge in [0, 0.05) is 6.42 Å². The van der Waals surface area contributed by atoms with Crippen LogP contribution in [0.2, 0.25) is 0 Å². The Morgan fingerprint density at radius 1 is 0.792 bits per heavy atom. The van der Waals surface area contributed by atoms with Crippen molar-refractivity contribution in [2.45, 2.75) is 118 Å². The van der Waals surface area contributed by atoms with Crippen molar-refractivity contribution >= 4 is 11.9 Å². The number of carboxylic acids is 1. The van der Waals surface area contributed by atoms with Gasteiger partial charge in [0.2, 0.25) is 5.91 Å². The molecular weight excluding hydrogens is 302 g/mol. The maximum atomic E-state index is 11.7. The van der Waals surface area contributed by atoms with E-state index in [4.69, 9.17) is 5.11 Å². The topological polar surface area (TPSA) is 66.4 Å². The normalized spacial score (nSPS) is 10.6. The Bertz CT molecular complexity index is 268. The fourth-order valence-electron chi connectivity index (χ4n) is 2.17. The van der Waals surface area contributed by atoms with Crippen molar-refractivity contribution in [2.24, 2.45) is 0 Å². The zero-order valence-electron chi connectivity index (χ0n) is 17.1. The summed E-state index contributed by atoms with van der Waals surface area (Å²) in [7, 11) is 0. The Labute approximate surface area is 150 Å². The Hall–Kier alpha value is -1.06. The number of hydrogen-bond acceptors (Lipinski definition) is 2. The lowest BCUT2D eigenvalue weighted by Crippen LogP contribution is -2.40. The molecule has 146 valence electrons. The maximum absolute atomic E-state index is 11.7.